The van der Waals surface area contributed by atoms with Gasteiger partial charge in [0.1, 0.15) is 17.3 Å². The summed E-state index contributed by atoms with van der Waals surface area (Å²) in [6.07, 6.45) is 1.71. The van der Waals surface area contributed by atoms with E-state index in [2.05, 4.69) is 10.3 Å². The maximum Gasteiger partial charge on any atom is 0.256 e. The lowest BCUT2D eigenvalue weighted by molar-refractivity contribution is 0.102. The van der Waals surface area contributed by atoms with E-state index < -0.39 is 0 Å². The number of pyridine rings is 1. The van der Waals surface area contributed by atoms with Gasteiger partial charge in [0.25, 0.3) is 5.91 Å². The first-order valence-corrected chi connectivity index (χ1v) is 9.01. The van der Waals surface area contributed by atoms with Crippen LogP contribution >= 0.6 is 0 Å². The van der Waals surface area contributed by atoms with Crippen LogP contribution in [-0.4, -0.2) is 10.9 Å². The first-order valence-electron chi connectivity index (χ1n) is 9.01. The summed E-state index contributed by atoms with van der Waals surface area (Å²) in [4.78, 5) is 17.0. The number of hydrogen-bond acceptors (Lipinski definition) is 4. The molecule has 4 rings (SSSR count). The van der Waals surface area contributed by atoms with Crippen LogP contribution in [0.4, 0.5) is 5.82 Å². The molecule has 5 nitrogen and oxygen atoms in total. The normalized spacial score (nSPS) is 10.8. The molecule has 0 saturated heterocycles. The second-order valence-corrected chi connectivity index (χ2v) is 6.84. The van der Waals surface area contributed by atoms with Crippen molar-refractivity contribution in [3.05, 3.63) is 83.2 Å². The van der Waals surface area contributed by atoms with E-state index in [0.717, 1.165) is 22.3 Å². The van der Waals surface area contributed by atoms with E-state index in [1.54, 1.807) is 24.4 Å². The predicted octanol–water partition coefficient (Wildman–Crippen LogP) is 5.80. The molecule has 0 radical (unpaired) electrons. The molecule has 0 spiro atoms. The maximum atomic E-state index is 12.8. The van der Waals surface area contributed by atoms with E-state index in [9.17, 15) is 4.79 Å². The number of anilines is 1. The van der Waals surface area contributed by atoms with Crippen molar-refractivity contribution >= 4 is 22.7 Å². The minimum atomic E-state index is -0.258. The number of aryl methyl sites for hydroxylation is 3. The highest BCUT2D eigenvalue weighted by Crippen LogP contribution is 2.34. The first-order chi connectivity index (χ1) is 13.5. The molecule has 0 atom stereocenters. The Morgan fingerprint density at radius 3 is 2.43 bits per heavy atom. The van der Waals surface area contributed by atoms with Gasteiger partial charge in [-0.15, -0.1) is 0 Å². The number of nitrogens with one attached hydrogen (secondary N) is 1. The Morgan fingerprint density at radius 1 is 0.964 bits per heavy atom. The molecule has 2 heterocycles. The van der Waals surface area contributed by atoms with Crippen LogP contribution in [0.15, 0.2) is 65.2 Å². The van der Waals surface area contributed by atoms with Gasteiger partial charge in [0, 0.05) is 17.1 Å². The lowest BCUT2D eigenvalue weighted by Gasteiger charge is -2.10. The number of carbonyl (C=O) groups is 1. The van der Waals surface area contributed by atoms with Crippen LogP contribution in [-0.2, 0) is 0 Å². The van der Waals surface area contributed by atoms with Gasteiger partial charge in [-0.1, -0.05) is 23.8 Å². The van der Waals surface area contributed by atoms with Crippen LogP contribution in [0.2, 0.25) is 0 Å². The molecule has 1 N–H and O–H groups in total. The lowest BCUT2D eigenvalue weighted by atomic mass is 10.1. The van der Waals surface area contributed by atoms with Gasteiger partial charge < -0.3 is 14.5 Å². The van der Waals surface area contributed by atoms with E-state index >= 15 is 0 Å². The molecular formula is C23H20N2O3. The summed E-state index contributed by atoms with van der Waals surface area (Å²) in [5, 5.41) is 3.63. The second-order valence-electron chi connectivity index (χ2n) is 6.84. The van der Waals surface area contributed by atoms with Gasteiger partial charge in [-0.05, 0) is 62.7 Å². The minimum Gasteiger partial charge on any atom is -0.457 e. The molecule has 0 saturated carbocycles. The standard InChI is InChI=1S/C23H20N2O3/c1-14-4-7-19(8-5-14)28-20-12-18(11-17-10-16(3)27-22(17)20)23(26)25-21-9-6-15(2)13-24-21/h4-13H,1-3H3,(H,24,25,26). The van der Waals surface area contributed by atoms with Crippen molar-refractivity contribution < 1.29 is 13.9 Å². The smallest absolute Gasteiger partial charge is 0.256 e. The van der Waals surface area contributed by atoms with E-state index in [1.165, 1.54) is 0 Å². The molecule has 0 aliphatic carbocycles. The largest absolute Gasteiger partial charge is 0.457 e. The summed E-state index contributed by atoms with van der Waals surface area (Å²) >= 11 is 0. The Bertz CT molecular complexity index is 1140. The Kier molecular flexibility index (Phi) is 4.57. The van der Waals surface area contributed by atoms with Crippen molar-refractivity contribution in [2.24, 2.45) is 0 Å². The van der Waals surface area contributed by atoms with Crippen LogP contribution in [0.3, 0.4) is 0 Å². The molecule has 0 fully saturated rings. The van der Waals surface area contributed by atoms with Gasteiger partial charge in [0.2, 0.25) is 0 Å². The predicted molar refractivity (Wildman–Crippen MR) is 109 cm³/mol. The third-order valence-electron chi connectivity index (χ3n) is 4.37. The molecule has 4 aromatic rings. The summed E-state index contributed by atoms with van der Waals surface area (Å²) in [5.74, 6) is 2.17. The number of furan rings is 1. The fourth-order valence-corrected chi connectivity index (χ4v) is 2.92. The number of fused-ring (bicyclic) bond motifs is 1. The summed E-state index contributed by atoms with van der Waals surface area (Å²) in [7, 11) is 0. The third-order valence-corrected chi connectivity index (χ3v) is 4.37. The zero-order valence-corrected chi connectivity index (χ0v) is 15.9. The van der Waals surface area contributed by atoms with E-state index in [-0.39, 0.29) is 5.91 Å². The SMILES string of the molecule is Cc1ccc(Oc2cc(C(=O)Nc3ccc(C)cn3)cc3cc(C)oc23)cc1. The summed E-state index contributed by atoms with van der Waals surface area (Å²) in [6.45, 7) is 5.83. The van der Waals surface area contributed by atoms with Crippen LogP contribution in [0, 0.1) is 20.8 Å². The highest BCUT2D eigenvalue weighted by Gasteiger charge is 2.16. The number of ether oxygens (including phenoxy) is 1. The average Bonchev–Trinajstić information content (AvgIpc) is 3.06. The van der Waals surface area contributed by atoms with Crippen molar-refractivity contribution in [2.75, 3.05) is 5.32 Å². The summed E-state index contributed by atoms with van der Waals surface area (Å²) in [6, 6.07) is 16.8. The molecule has 0 aliphatic rings. The van der Waals surface area contributed by atoms with Crippen molar-refractivity contribution in [2.45, 2.75) is 20.8 Å². The number of amides is 1. The Labute approximate surface area is 163 Å². The number of carbonyl (C=O) groups excluding carboxylic acids is 1. The fourth-order valence-electron chi connectivity index (χ4n) is 2.92. The molecule has 2 aromatic heterocycles. The molecule has 0 aliphatic heterocycles. The molecule has 0 unspecified atom stereocenters. The van der Waals surface area contributed by atoms with Crippen LogP contribution in [0.25, 0.3) is 11.0 Å². The summed E-state index contributed by atoms with van der Waals surface area (Å²) < 4.78 is 11.8. The average molecular weight is 372 g/mol. The van der Waals surface area contributed by atoms with Crippen molar-refractivity contribution in [3.63, 3.8) is 0 Å². The quantitative estimate of drug-likeness (QED) is 0.492. The molecule has 28 heavy (non-hydrogen) atoms. The van der Waals surface area contributed by atoms with Gasteiger partial charge in [0.15, 0.2) is 11.3 Å². The lowest BCUT2D eigenvalue weighted by Crippen LogP contribution is -2.13. The van der Waals surface area contributed by atoms with Crippen molar-refractivity contribution in [1.29, 1.82) is 0 Å². The minimum absolute atomic E-state index is 0.258. The Morgan fingerprint density at radius 2 is 1.71 bits per heavy atom. The van der Waals surface area contributed by atoms with Gasteiger partial charge in [-0.3, -0.25) is 4.79 Å². The maximum absolute atomic E-state index is 12.8. The van der Waals surface area contributed by atoms with Crippen LogP contribution in [0.1, 0.15) is 27.2 Å². The molecule has 5 heteroatoms. The number of hydrogen-bond donors (Lipinski definition) is 1. The Hall–Kier alpha value is -3.60. The zero-order valence-electron chi connectivity index (χ0n) is 15.9. The van der Waals surface area contributed by atoms with Gasteiger partial charge in [-0.2, -0.15) is 0 Å². The molecule has 0 bridgehead atoms. The highest BCUT2D eigenvalue weighted by atomic mass is 16.5. The zero-order chi connectivity index (χ0) is 19.7. The second kappa shape index (κ2) is 7.19. The van der Waals surface area contributed by atoms with Gasteiger partial charge in [0.05, 0.1) is 0 Å². The van der Waals surface area contributed by atoms with E-state index in [1.807, 2.05) is 57.2 Å². The first kappa shape index (κ1) is 17.8. The van der Waals surface area contributed by atoms with Crippen LogP contribution < -0.4 is 10.1 Å². The number of nitrogens with zero attached hydrogens (tertiary/aromatic N) is 1. The highest BCUT2D eigenvalue weighted by molar-refractivity contribution is 6.06. The molecule has 140 valence electrons. The van der Waals surface area contributed by atoms with Crippen LogP contribution in [0.5, 0.6) is 11.5 Å². The van der Waals surface area contributed by atoms with E-state index in [0.29, 0.717) is 28.5 Å². The number of aromatic nitrogens is 1. The van der Waals surface area contributed by atoms with E-state index in [4.69, 9.17) is 9.15 Å². The third kappa shape index (κ3) is 3.74. The Balaban J connectivity index is 1.69. The fraction of sp³-hybridized carbons (Fsp3) is 0.130. The molecular weight excluding hydrogens is 352 g/mol. The van der Waals surface area contributed by atoms with Crippen molar-refractivity contribution in [3.8, 4) is 11.5 Å². The molecule has 1 amide bonds. The topological polar surface area (TPSA) is 64.4 Å². The summed E-state index contributed by atoms with van der Waals surface area (Å²) in [5.41, 5.74) is 3.26. The number of rotatable bonds is 4. The number of benzene rings is 2. The van der Waals surface area contributed by atoms with Gasteiger partial charge in [-0.25, -0.2) is 4.98 Å². The molecule has 2 aromatic carbocycles. The van der Waals surface area contributed by atoms with Gasteiger partial charge >= 0.3 is 0 Å². The van der Waals surface area contributed by atoms with Crippen molar-refractivity contribution in [1.82, 2.24) is 4.98 Å². The monoisotopic (exact) mass is 372 g/mol.